The standard InChI is InChI=1S/C16H22F3N3O2/c1-22-8-5-13(6-9-22)21-15(23)20-7-10-24-14-4-2-3-12(11-14)16(17,18)19/h2-4,11,13H,5-10H2,1H3,(H2,20,21,23). The number of carbonyl (C=O) groups excluding carboxylic acids is 1. The Morgan fingerprint density at radius 1 is 1.33 bits per heavy atom. The number of likely N-dealkylation sites (tertiary alicyclic amines) is 1. The molecule has 1 heterocycles. The molecule has 1 fully saturated rings. The maximum atomic E-state index is 12.6. The van der Waals surface area contributed by atoms with Crippen LogP contribution in [0.25, 0.3) is 0 Å². The van der Waals surface area contributed by atoms with Crippen LogP contribution in [0.15, 0.2) is 24.3 Å². The van der Waals surface area contributed by atoms with Crippen molar-refractivity contribution >= 4 is 6.03 Å². The van der Waals surface area contributed by atoms with Crippen LogP contribution in [-0.4, -0.2) is 50.3 Å². The zero-order valence-electron chi connectivity index (χ0n) is 13.5. The van der Waals surface area contributed by atoms with Gasteiger partial charge in [0.05, 0.1) is 12.1 Å². The van der Waals surface area contributed by atoms with Crippen LogP contribution in [0.4, 0.5) is 18.0 Å². The highest BCUT2D eigenvalue weighted by molar-refractivity contribution is 5.74. The fourth-order valence-corrected chi connectivity index (χ4v) is 2.49. The minimum Gasteiger partial charge on any atom is -0.492 e. The number of benzene rings is 1. The van der Waals surface area contributed by atoms with E-state index in [-0.39, 0.29) is 31.0 Å². The van der Waals surface area contributed by atoms with Crippen molar-refractivity contribution in [3.8, 4) is 5.75 Å². The smallest absolute Gasteiger partial charge is 0.416 e. The van der Waals surface area contributed by atoms with Gasteiger partial charge in [-0.05, 0) is 51.2 Å². The number of nitrogens with zero attached hydrogens (tertiary/aromatic N) is 1. The van der Waals surface area contributed by atoms with Crippen molar-refractivity contribution in [1.29, 1.82) is 0 Å². The summed E-state index contributed by atoms with van der Waals surface area (Å²) in [6, 6.07) is 4.55. The summed E-state index contributed by atoms with van der Waals surface area (Å²) in [6.45, 7) is 2.21. The summed E-state index contributed by atoms with van der Waals surface area (Å²) in [6.07, 6.45) is -2.58. The van der Waals surface area contributed by atoms with Crippen molar-refractivity contribution in [2.24, 2.45) is 0 Å². The summed E-state index contributed by atoms with van der Waals surface area (Å²) in [5, 5.41) is 5.53. The molecule has 2 amide bonds. The Kier molecular flexibility index (Phi) is 6.30. The largest absolute Gasteiger partial charge is 0.492 e. The summed E-state index contributed by atoms with van der Waals surface area (Å²) >= 11 is 0. The summed E-state index contributed by atoms with van der Waals surface area (Å²) in [7, 11) is 2.04. The number of ether oxygens (including phenoxy) is 1. The number of halogens is 3. The maximum absolute atomic E-state index is 12.6. The van der Waals surface area contributed by atoms with E-state index >= 15 is 0 Å². The number of hydrogen-bond donors (Lipinski definition) is 2. The first kappa shape index (κ1) is 18.4. The van der Waals surface area contributed by atoms with Crippen molar-refractivity contribution in [2.45, 2.75) is 25.1 Å². The Bertz CT molecular complexity index is 544. The van der Waals surface area contributed by atoms with E-state index in [9.17, 15) is 18.0 Å². The third-order valence-corrected chi connectivity index (χ3v) is 3.87. The minimum atomic E-state index is -4.40. The van der Waals surface area contributed by atoms with Crippen molar-refractivity contribution in [2.75, 3.05) is 33.3 Å². The lowest BCUT2D eigenvalue weighted by atomic mass is 10.1. The molecule has 1 aliphatic heterocycles. The van der Waals surface area contributed by atoms with E-state index in [4.69, 9.17) is 4.74 Å². The molecule has 2 N–H and O–H groups in total. The van der Waals surface area contributed by atoms with E-state index in [0.717, 1.165) is 38.1 Å². The van der Waals surface area contributed by atoms with Crippen LogP contribution >= 0.6 is 0 Å². The fourth-order valence-electron chi connectivity index (χ4n) is 2.49. The zero-order valence-corrected chi connectivity index (χ0v) is 13.5. The number of alkyl halides is 3. The van der Waals surface area contributed by atoms with E-state index in [1.807, 2.05) is 7.05 Å². The van der Waals surface area contributed by atoms with E-state index in [0.29, 0.717) is 0 Å². The molecule has 0 radical (unpaired) electrons. The van der Waals surface area contributed by atoms with Gasteiger partial charge >= 0.3 is 12.2 Å². The molecule has 0 bridgehead atoms. The molecule has 0 saturated carbocycles. The molecule has 0 aromatic heterocycles. The predicted molar refractivity (Wildman–Crippen MR) is 84.0 cm³/mol. The van der Waals surface area contributed by atoms with Gasteiger partial charge in [0.1, 0.15) is 12.4 Å². The van der Waals surface area contributed by atoms with Gasteiger partial charge in [-0.25, -0.2) is 4.79 Å². The molecule has 0 spiro atoms. The number of amides is 2. The highest BCUT2D eigenvalue weighted by Gasteiger charge is 2.30. The molecule has 24 heavy (non-hydrogen) atoms. The monoisotopic (exact) mass is 345 g/mol. The summed E-state index contributed by atoms with van der Waals surface area (Å²) in [5.41, 5.74) is -0.757. The number of rotatable bonds is 5. The first-order valence-electron chi connectivity index (χ1n) is 7.87. The predicted octanol–water partition coefficient (Wildman–Crippen LogP) is 2.48. The Morgan fingerprint density at radius 3 is 2.71 bits per heavy atom. The van der Waals surface area contributed by atoms with Crippen LogP contribution in [0.3, 0.4) is 0 Å². The third-order valence-electron chi connectivity index (χ3n) is 3.87. The van der Waals surface area contributed by atoms with Crippen molar-refractivity contribution < 1.29 is 22.7 Å². The van der Waals surface area contributed by atoms with E-state index in [2.05, 4.69) is 15.5 Å². The number of carbonyl (C=O) groups is 1. The van der Waals surface area contributed by atoms with E-state index in [1.165, 1.54) is 12.1 Å². The Morgan fingerprint density at radius 2 is 2.04 bits per heavy atom. The van der Waals surface area contributed by atoms with Gasteiger partial charge in [0.15, 0.2) is 0 Å². The molecule has 1 aliphatic rings. The molecule has 0 unspecified atom stereocenters. The highest BCUT2D eigenvalue weighted by Crippen LogP contribution is 2.31. The van der Waals surface area contributed by atoms with Crippen molar-refractivity contribution in [1.82, 2.24) is 15.5 Å². The first-order valence-corrected chi connectivity index (χ1v) is 7.87. The number of piperidine rings is 1. The number of nitrogens with one attached hydrogen (secondary N) is 2. The van der Waals surface area contributed by atoms with Gasteiger partial charge in [-0.1, -0.05) is 6.07 Å². The van der Waals surface area contributed by atoms with E-state index < -0.39 is 11.7 Å². The lowest BCUT2D eigenvalue weighted by Crippen LogP contribution is -2.47. The topological polar surface area (TPSA) is 53.6 Å². The molecule has 0 aliphatic carbocycles. The van der Waals surface area contributed by atoms with Gasteiger partial charge in [0.25, 0.3) is 0 Å². The second-order valence-electron chi connectivity index (χ2n) is 5.85. The molecule has 5 nitrogen and oxygen atoms in total. The van der Waals surface area contributed by atoms with Crippen LogP contribution in [0.5, 0.6) is 5.75 Å². The Balaban J connectivity index is 1.66. The lowest BCUT2D eigenvalue weighted by Gasteiger charge is -2.29. The molecule has 1 aromatic rings. The fraction of sp³-hybridized carbons (Fsp3) is 0.562. The highest BCUT2D eigenvalue weighted by atomic mass is 19.4. The summed E-state index contributed by atoms with van der Waals surface area (Å²) in [5.74, 6) is 0.127. The zero-order chi connectivity index (χ0) is 17.6. The van der Waals surface area contributed by atoms with Gasteiger partial charge in [-0.2, -0.15) is 13.2 Å². The van der Waals surface area contributed by atoms with Crippen molar-refractivity contribution in [3.63, 3.8) is 0 Å². The quantitative estimate of drug-likeness (QED) is 0.806. The molecular formula is C16H22F3N3O2. The molecule has 1 aromatic carbocycles. The van der Waals surface area contributed by atoms with Gasteiger partial charge in [-0.3, -0.25) is 0 Å². The molecule has 8 heteroatoms. The maximum Gasteiger partial charge on any atom is 0.416 e. The van der Waals surface area contributed by atoms with E-state index in [1.54, 1.807) is 0 Å². The van der Waals surface area contributed by atoms with Gasteiger partial charge in [0.2, 0.25) is 0 Å². The Hall–Kier alpha value is -1.96. The van der Waals surface area contributed by atoms with Crippen LogP contribution in [0.1, 0.15) is 18.4 Å². The molecule has 1 saturated heterocycles. The number of urea groups is 1. The molecular weight excluding hydrogens is 323 g/mol. The third kappa shape index (κ3) is 5.92. The van der Waals surface area contributed by atoms with Crippen LogP contribution < -0.4 is 15.4 Å². The minimum absolute atomic E-state index is 0.0993. The average Bonchev–Trinajstić information content (AvgIpc) is 2.53. The molecule has 2 rings (SSSR count). The van der Waals surface area contributed by atoms with Crippen LogP contribution in [-0.2, 0) is 6.18 Å². The van der Waals surface area contributed by atoms with Gasteiger partial charge in [0, 0.05) is 6.04 Å². The SMILES string of the molecule is CN1CCC(NC(=O)NCCOc2cccc(C(F)(F)F)c2)CC1. The Labute approximate surface area is 139 Å². The number of hydrogen-bond acceptors (Lipinski definition) is 3. The second kappa shape index (κ2) is 8.23. The molecule has 0 atom stereocenters. The normalized spacial score (nSPS) is 16.7. The van der Waals surface area contributed by atoms with Crippen LogP contribution in [0, 0.1) is 0 Å². The lowest BCUT2D eigenvalue weighted by molar-refractivity contribution is -0.137. The average molecular weight is 345 g/mol. The summed E-state index contributed by atoms with van der Waals surface area (Å²) < 4.78 is 43.0. The second-order valence-corrected chi connectivity index (χ2v) is 5.85. The van der Waals surface area contributed by atoms with Gasteiger partial charge in [-0.15, -0.1) is 0 Å². The van der Waals surface area contributed by atoms with Crippen molar-refractivity contribution in [3.05, 3.63) is 29.8 Å². The van der Waals surface area contributed by atoms with Crippen LogP contribution in [0.2, 0.25) is 0 Å². The van der Waals surface area contributed by atoms with Gasteiger partial charge < -0.3 is 20.3 Å². The molecule has 134 valence electrons. The first-order chi connectivity index (χ1) is 11.3. The summed E-state index contributed by atoms with van der Waals surface area (Å²) in [4.78, 5) is 14.0.